The monoisotopic (exact) mass is 332 g/mol. The van der Waals surface area contributed by atoms with Gasteiger partial charge >= 0.3 is 0 Å². The highest BCUT2D eigenvalue weighted by atomic mass is 16.3. The minimum Gasteiger partial charge on any atom is -0.396 e. The molecule has 10 atom stereocenters. The van der Waals surface area contributed by atoms with Crippen molar-refractivity contribution in [3.8, 4) is 0 Å². The van der Waals surface area contributed by atoms with Gasteiger partial charge in [0.1, 0.15) is 0 Å². The first-order valence-corrected chi connectivity index (χ1v) is 10.7. The van der Waals surface area contributed by atoms with Crippen molar-refractivity contribution in [2.45, 2.75) is 78.2 Å². The molecule has 0 amide bonds. The Morgan fingerprint density at radius 1 is 1.04 bits per heavy atom. The minimum atomic E-state index is -0.0343. The fourth-order valence-electron chi connectivity index (χ4n) is 9.41. The lowest BCUT2D eigenvalue weighted by Crippen LogP contribution is -2.56. The third-order valence-corrected chi connectivity index (χ3v) is 10.6. The summed E-state index contributed by atoms with van der Waals surface area (Å²) in [6.45, 7) is 7.69. The molecular formula is C22H36O2. The zero-order valence-corrected chi connectivity index (χ0v) is 15.8. The summed E-state index contributed by atoms with van der Waals surface area (Å²) in [5.41, 5.74) is 1.14. The van der Waals surface area contributed by atoms with Crippen LogP contribution in [0, 0.1) is 51.8 Å². The first-order chi connectivity index (χ1) is 11.4. The molecule has 5 fully saturated rings. The third kappa shape index (κ3) is 1.62. The Hall–Kier alpha value is -0.0800. The van der Waals surface area contributed by atoms with Gasteiger partial charge in [0.15, 0.2) is 0 Å². The van der Waals surface area contributed by atoms with Crippen molar-refractivity contribution in [3.05, 3.63) is 0 Å². The van der Waals surface area contributed by atoms with Gasteiger partial charge in [-0.1, -0.05) is 20.8 Å². The van der Waals surface area contributed by atoms with Crippen molar-refractivity contribution < 1.29 is 10.2 Å². The molecule has 0 saturated heterocycles. The molecule has 1 spiro atoms. The Bertz CT molecular complexity index is 546. The Balaban J connectivity index is 1.48. The van der Waals surface area contributed by atoms with Gasteiger partial charge in [0.25, 0.3) is 0 Å². The molecule has 5 aliphatic rings. The molecule has 5 rings (SSSR count). The van der Waals surface area contributed by atoms with Crippen molar-refractivity contribution in [3.63, 3.8) is 0 Å². The second-order valence-electron chi connectivity index (χ2n) is 10.9. The van der Waals surface area contributed by atoms with Crippen molar-refractivity contribution in [2.75, 3.05) is 6.61 Å². The highest BCUT2D eigenvalue weighted by Crippen LogP contribution is 2.81. The van der Waals surface area contributed by atoms with Crippen molar-refractivity contribution in [1.29, 1.82) is 0 Å². The molecule has 0 bridgehead atoms. The molecule has 0 aliphatic heterocycles. The topological polar surface area (TPSA) is 40.5 Å². The molecule has 0 heterocycles. The Morgan fingerprint density at radius 2 is 1.83 bits per heavy atom. The van der Waals surface area contributed by atoms with Crippen LogP contribution in [0.5, 0.6) is 0 Å². The summed E-state index contributed by atoms with van der Waals surface area (Å²) in [4.78, 5) is 0. The zero-order chi connectivity index (χ0) is 16.9. The molecule has 0 aromatic rings. The van der Waals surface area contributed by atoms with Gasteiger partial charge in [-0.05, 0) is 97.7 Å². The zero-order valence-electron chi connectivity index (χ0n) is 15.8. The van der Waals surface area contributed by atoms with Crippen LogP contribution in [0.15, 0.2) is 0 Å². The standard InChI is InChI=1S/C22H36O2/c1-13(12-23)16-4-5-17-15-10-19(24)22-11-14(22)6-9-21(22,3)18(15)7-8-20(16,17)2/h13-19,23-24H,4-12H2,1-3H3/t13-,14+,15+,16-,17+,18+,19+,20-,21-,22+/m1/s1. The highest BCUT2D eigenvalue weighted by Gasteiger charge is 2.77. The van der Waals surface area contributed by atoms with Gasteiger partial charge in [0, 0.05) is 12.0 Å². The molecule has 2 nitrogen and oxygen atoms in total. The minimum absolute atomic E-state index is 0.0343. The summed E-state index contributed by atoms with van der Waals surface area (Å²) in [6, 6.07) is 0. The van der Waals surface area contributed by atoms with Gasteiger partial charge in [-0.3, -0.25) is 0 Å². The van der Waals surface area contributed by atoms with Gasteiger partial charge in [0.05, 0.1) is 6.10 Å². The molecule has 0 aromatic carbocycles. The molecule has 0 aromatic heterocycles. The highest BCUT2D eigenvalue weighted by molar-refractivity contribution is 5.25. The number of aliphatic hydroxyl groups is 2. The van der Waals surface area contributed by atoms with E-state index in [1.54, 1.807) is 0 Å². The SMILES string of the molecule is C[C@H](CO)[C@H]1CC[C@H]2[C@@H]3C[C@H](O)[C@]45C[C@@H]4CC[C@]5(C)[C@H]3CC[C@]12C. The van der Waals surface area contributed by atoms with E-state index in [9.17, 15) is 10.2 Å². The molecule has 136 valence electrons. The second-order valence-corrected chi connectivity index (χ2v) is 10.9. The number of fused-ring (bicyclic) bond motifs is 4. The number of hydrogen-bond donors (Lipinski definition) is 2. The third-order valence-electron chi connectivity index (χ3n) is 10.6. The average Bonchev–Trinajstić information content (AvgIpc) is 3.09. The van der Waals surface area contributed by atoms with Gasteiger partial charge in [-0.2, -0.15) is 0 Å². The normalized spacial score (nSPS) is 62.4. The average molecular weight is 333 g/mol. The van der Waals surface area contributed by atoms with Gasteiger partial charge < -0.3 is 10.2 Å². The first kappa shape index (κ1) is 16.1. The van der Waals surface area contributed by atoms with Crippen LogP contribution in [-0.2, 0) is 0 Å². The van der Waals surface area contributed by atoms with Crippen molar-refractivity contribution in [2.24, 2.45) is 51.8 Å². The van der Waals surface area contributed by atoms with E-state index in [4.69, 9.17) is 0 Å². The lowest BCUT2D eigenvalue weighted by Gasteiger charge is -2.60. The van der Waals surface area contributed by atoms with E-state index in [2.05, 4.69) is 20.8 Å². The van der Waals surface area contributed by atoms with E-state index >= 15 is 0 Å². The molecule has 5 aliphatic carbocycles. The Morgan fingerprint density at radius 3 is 2.54 bits per heavy atom. The van der Waals surface area contributed by atoms with Crippen molar-refractivity contribution >= 4 is 0 Å². The molecule has 5 saturated carbocycles. The van der Waals surface area contributed by atoms with Gasteiger partial charge in [-0.15, -0.1) is 0 Å². The smallest absolute Gasteiger partial charge is 0.0607 e. The van der Waals surface area contributed by atoms with E-state index in [0.717, 1.165) is 30.1 Å². The molecule has 0 radical (unpaired) electrons. The number of rotatable bonds is 2. The lowest BCUT2D eigenvalue weighted by molar-refractivity contribution is -0.152. The second kappa shape index (κ2) is 4.80. The van der Waals surface area contributed by atoms with Crippen LogP contribution in [-0.4, -0.2) is 22.9 Å². The first-order valence-electron chi connectivity index (χ1n) is 10.7. The maximum atomic E-state index is 11.2. The molecular weight excluding hydrogens is 296 g/mol. The Labute approximate surface area is 147 Å². The van der Waals surface area contributed by atoms with E-state index in [1.807, 2.05) is 0 Å². The summed E-state index contributed by atoms with van der Waals surface area (Å²) in [6.07, 6.45) is 10.5. The van der Waals surface area contributed by atoms with E-state index in [0.29, 0.717) is 34.7 Å². The maximum absolute atomic E-state index is 11.2. The summed E-state index contributed by atoms with van der Waals surface area (Å²) in [5.74, 6) is 4.35. The predicted octanol–water partition coefficient (Wildman–Crippen LogP) is 4.24. The summed E-state index contributed by atoms with van der Waals surface area (Å²) >= 11 is 0. The summed E-state index contributed by atoms with van der Waals surface area (Å²) in [5, 5.41) is 20.9. The fourth-order valence-corrected chi connectivity index (χ4v) is 9.41. The van der Waals surface area contributed by atoms with Crippen LogP contribution < -0.4 is 0 Å². The van der Waals surface area contributed by atoms with Crippen LogP contribution in [0.1, 0.15) is 72.1 Å². The van der Waals surface area contributed by atoms with E-state index in [-0.39, 0.29) is 6.10 Å². The van der Waals surface area contributed by atoms with Crippen LogP contribution in [0.25, 0.3) is 0 Å². The van der Waals surface area contributed by atoms with Crippen LogP contribution in [0.3, 0.4) is 0 Å². The Kier molecular flexibility index (Phi) is 3.22. The number of hydrogen-bond acceptors (Lipinski definition) is 2. The maximum Gasteiger partial charge on any atom is 0.0607 e. The summed E-state index contributed by atoms with van der Waals surface area (Å²) < 4.78 is 0. The fraction of sp³-hybridized carbons (Fsp3) is 1.00. The molecule has 2 heteroatoms. The van der Waals surface area contributed by atoms with Crippen LogP contribution in [0.4, 0.5) is 0 Å². The van der Waals surface area contributed by atoms with E-state index in [1.165, 1.54) is 44.9 Å². The van der Waals surface area contributed by atoms with Gasteiger partial charge in [0.2, 0.25) is 0 Å². The van der Waals surface area contributed by atoms with Gasteiger partial charge in [-0.25, -0.2) is 0 Å². The van der Waals surface area contributed by atoms with Crippen molar-refractivity contribution in [1.82, 2.24) is 0 Å². The quantitative estimate of drug-likeness (QED) is 0.794. The molecule has 2 N–H and O–H groups in total. The molecule has 24 heavy (non-hydrogen) atoms. The largest absolute Gasteiger partial charge is 0.396 e. The summed E-state index contributed by atoms with van der Waals surface area (Å²) in [7, 11) is 0. The lowest BCUT2D eigenvalue weighted by atomic mass is 9.45. The van der Waals surface area contributed by atoms with Crippen LogP contribution >= 0.6 is 0 Å². The predicted molar refractivity (Wildman–Crippen MR) is 95.3 cm³/mol. The van der Waals surface area contributed by atoms with E-state index < -0.39 is 0 Å². The number of aliphatic hydroxyl groups excluding tert-OH is 2. The molecule has 0 unspecified atom stereocenters. The van der Waals surface area contributed by atoms with Crippen LogP contribution in [0.2, 0.25) is 0 Å².